The second-order valence-electron chi connectivity index (χ2n) is 3.56. The highest BCUT2D eigenvalue weighted by atomic mass is 16.3. The molecule has 0 fully saturated rings. The molecule has 13 heavy (non-hydrogen) atoms. The number of aliphatic hydroxyl groups is 1. The molecular formula is C10H21NO2. The Kier molecular flexibility index (Phi) is 5.71. The molecule has 1 unspecified atom stereocenters. The third-order valence-electron chi connectivity index (χ3n) is 2.49. The fourth-order valence-corrected chi connectivity index (χ4v) is 1.32. The number of rotatable bonds is 7. The molecule has 0 aromatic heterocycles. The van der Waals surface area contributed by atoms with Crippen molar-refractivity contribution in [3.05, 3.63) is 0 Å². The molecule has 0 heterocycles. The van der Waals surface area contributed by atoms with Crippen LogP contribution in [-0.2, 0) is 4.79 Å². The summed E-state index contributed by atoms with van der Waals surface area (Å²) < 4.78 is 0. The number of unbranched alkanes of at least 4 members (excludes halogenated alkanes) is 3. The smallest absolute Gasteiger partial charge is 0.249 e. The van der Waals surface area contributed by atoms with Gasteiger partial charge < -0.3 is 10.8 Å². The van der Waals surface area contributed by atoms with Crippen LogP contribution in [0.15, 0.2) is 0 Å². The third-order valence-corrected chi connectivity index (χ3v) is 2.49. The van der Waals surface area contributed by atoms with E-state index in [-0.39, 0.29) is 0 Å². The zero-order valence-corrected chi connectivity index (χ0v) is 8.68. The maximum absolute atomic E-state index is 10.9. The van der Waals surface area contributed by atoms with E-state index in [2.05, 4.69) is 6.92 Å². The second kappa shape index (κ2) is 5.97. The van der Waals surface area contributed by atoms with Gasteiger partial charge in [0.1, 0.15) is 5.60 Å². The Hall–Kier alpha value is -0.570. The molecule has 1 atom stereocenters. The van der Waals surface area contributed by atoms with E-state index in [0.717, 1.165) is 25.7 Å². The van der Waals surface area contributed by atoms with Gasteiger partial charge in [0.05, 0.1) is 0 Å². The van der Waals surface area contributed by atoms with E-state index in [0.29, 0.717) is 12.8 Å². The molecule has 0 aliphatic rings. The highest BCUT2D eigenvalue weighted by Gasteiger charge is 2.30. The average Bonchev–Trinajstić information content (AvgIpc) is 2.12. The van der Waals surface area contributed by atoms with Gasteiger partial charge >= 0.3 is 0 Å². The van der Waals surface area contributed by atoms with Crippen molar-refractivity contribution in [2.24, 2.45) is 5.73 Å². The topological polar surface area (TPSA) is 63.3 Å². The summed E-state index contributed by atoms with van der Waals surface area (Å²) in [6.45, 7) is 3.91. The highest BCUT2D eigenvalue weighted by Crippen LogP contribution is 2.18. The van der Waals surface area contributed by atoms with Crippen LogP contribution in [0.3, 0.4) is 0 Å². The van der Waals surface area contributed by atoms with Gasteiger partial charge in [-0.3, -0.25) is 4.79 Å². The van der Waals surface area contributed by atoms with Crippen LogP contribution in [0, 0.1) is 0 Å². The van der Waals surface area contributed by atoms with E-state index < -0.39 is 11.5 Å². The van der Waals surface area contributed by atoms with Crippen molar-refractivity contribution >= 4 is 5.91 Å². The largest absolute Gasteiger partial charge is 0.380 e. The third kappa shape index (κ3) is 4.27. The van der Waals surface area contributed by atoms with E-state index in [1.807, 2.05) is 0 Å². The van der Waals surface area contributed by atoms with Crippen LogP contribution in [0.2, 0.25) is 0 Å². The molecule has 3 nitrogen and oxygen atoms in total. The maximum Gasteiger partial charge on any atom is 0.249 e. The predicted molar refractivity (Wildman–Crippen MR) is 53.2 cm³/mol. The molecule has 0 saturated heterocycles. The van der Waals surface area contributed by atoms with Crippen molar-refractivity contribution in [2.45, 2.75) is 58.0 Å². The van der Waals surface area contributed by atoms with Crippen molar-refractivity contribution in [3.63, 3.8) is 0 Å². The van der Waals surface area contributed by atoms with E-state index in [4.69, 9.17) is 5.73 Å². The number of carbonyl (C=O) groups is 1. The first-order chi connectivity index (χ1) is 6.06. The summed E-state index contributed by atoms with van der Waals surface area (Å²) in [5.74, 6) is -0.591. The van der Waals surface area contributed by atoms with Crippen molar-refractivity contribution < 1.29 is 9.90 Å². The molecule has 0 saturated carbocycles. The predicted octanol–water partition coefficient (Wildman–Crippen LogP) is 1.58. The van der Waals surface area contributed by atoms with Crippen LogP contribution in [-0.4, -0.2) is 16.6 Å². The Balaban J connectivity index is 3.78. The summed E-state index contributed by atoms with van der Waals surface area (Å²) in [6, 6.07) is 0. The van der Waals surface area contributed by atoms with Gasteiger partial charge in [-0.25, -0.2) is 0 Å². The summed E-state index contributed by atoms with van der Waals surface area (Å²) in [5, 5.41) is 9.72. The average molecular weight is 187 g/mol. The summed E-state index contributed by atoms with van der Waals surface area (Å²) in [7, 11) is 0. The minimum absolute atomic E-state index is 0.411. The van der Waals surface area contributed by atoms with Gasteiger partial charge in [-0.05, 0) is 12.8 Å². The lowest BCUT2D eigenvalue weighted by Gasteiger charge is -2.22. The van der Waals surface area contributed by atoms with Gasteiger partial charge in [0, 0.05) is 0 Å². The second-order valence-corrected chi connectivity index (χ2v) is 3.56. The van der Waals surface area contributed by atoms with Gasteiger partial charge in [0.15, 0.2) is 0 Å². The Labute approximate surface area is 80.3 Å². The van der Waals surface area contributed by atoms with Gasteiger partial charge in [-0.15, -0.1) is 0 Å². The van der Waals surface area contributed by atoms with Crippen LogP contribution < -0.4 is 5.73 Å². The molecular weight excluding hydrogens is 166 g/mol. The maximum atomic E-state index is 10.9. The molecule has 78 valence electrons. The van der Waals surface area contributed by atoms with Crippen molar-refractivity contribution in [1.29, 1.82) is 0 Å². The van der Waals surface area contributed by atoms with Gasteiger partial charge in [0.25, 0.3) is 0 Å². The standard InChI is InChI=1S/C10H21NO2/c1-3-5-6-7-8-10(13,4-2)9(11)12/h13H,3-8H2,1-2H3,(H2,11,12). The number of amides is 1. The molecule has 0 aliphatic heterocycles. The number of hydrogen-bond acceptors (Lipinski definition) is 2. The lowest BCUT2D eigenvalue weighted by Crippen LogP contribution is -2.43. The van der Waals surface area contributed by atoms with Crippen molar-refractivity contribution in [1.82, 2.24) is 0 Å². The molecule has 0 bridgehead atoms. The lowest BCUT2D eigenvalue weighted by molar-refractivity contribution is -0.137. The number of primary amides is 1. The SMILES string of the molecule is CCCCCCC(O)(CC)C(N)=O. The molecule has 0 aromatic carbocycles. The van der Waals surface area contributed by atoms with Gasteiger partial charge in [0.2, 0.25) is 5.91 Å². The summed E-state index contributed by atoms with van der Waals surface area (Å²) in [4.78, 5) is 10.9. The first-order valence-electron chi connectivity index (χ1n) is 5.09. The minimum Gasteiger partial charge on any atom is -0.380 e. The highest BCUT2D eigenvalue weighted by molar-refractivity contribution is 5.82. The Morgan fingerprint density at radius 1 is 1.31 bits per heavy atom. The van der Waals surface area contributed by atoms with Crippen LogP contribution >= 0.6 is 0 Å². The van der Waals surface area contributed by atoms with Crippen molar-refractivity contribution in [2.75, 3.05) is 0 Å². The zero-order chi connectivity index (χ0) is 10.3. The van der Waals surface area contributed by atoms with Crippen LogP contribution in [0.25, 0.3) is 0 Å². The summed E-state index contributed by atoms with van der Waals surface area (Å²) in [5.41, 5.74) is 3.84. The molecule has 0 aliphatic carbocycles. The summed E-state index contributed by atoms with van der Waals surface area (Å²) >= 11 is 0. The first kappa shape index (κ1) is 12.4. The first-order valence-corrected chi connectivity index (χ1v) is 5.09. The fraction of sp³-hybridized carbons (Fsp3) is 0.900. The normalized spacial score (nSPS) is 15.3. The van der Waals surface area contributed by atoms with Crippen LogP contribution in [0.5, 0.6) is 0 Å². The number of carbonyl (C=O) groups excluding carboxylic acids is 1. The van der Waals surface area contributed by atoms with E-state index in [1.165, 1.54) is 0 Å². The molecule has 0 radical (unpaired) electrons. The van der Waals surface area contributed by atoms with Gasteiger partial charge in [-0.1, -0.05) is 39.5 Å². The Morgan fingerprint density at radius 3 is 2.31 bits per heavy atom. The van der Waals surface area contributed by atoms with Gasteiger partial charge in [-0.2, -0.15) is 0 Å². The molecule has 0 aromatic rings. The monoisotopic (exact) mass is 187 g/mol. The zero-order valence-electron chi connectivity index (χ0n) is 8.68. The fourth-order valence-electron chi connectivity index (χ4n) is 1.32. The Bertz CT molecular complexity index is 159. The van der Waals surface area contributed by atoms with Crippen LogP contribution in [0.1, 0.15) is 52.4 Å². The van der Waals surface area contributed by atoms with Crippen molar-refractivity contribution in [3.8, 4) is 0 Å². The lowest BCUT2D eigenvalue weighted by atomic mass is 9.92. The molecule has 3 N–H and O–H groups in total. The summed E-state index contributed by atoms with van der Waals surface area (Å²) in [6.07, 6.45) is 5.15. The number of nitrogens with two attached hydrogens (primary N) is 1. The molecule has 0 spiro atoms. The molecule has 1 amide bonds. The van der Waals surface area contributed by atoms with E-state index in [9.17, 15) is 9.90 Å². The quantitative estimate of drug-likeness (QED) is 0.594. The number of hydrogen-bond donors (Lipinski definition) is 2. The van der Waals surface area contributed by atoms with E-state index >= 15 is 0 Å². The molecule has 3 heteroatoms. The van der Waals surface area contributed by atoms with Crippen LogP contribution in [0.4, 0.5) is 0 Å². The molecule has 0 rings (SSSR count). The Morgan fingerprint density at radius 2 is 1.92 bits per heavy atom. The van der Waals surface area contributed by atoms with E-state index in [1.54, 1.807) is 6.92 Å². The minimum atomic E-state index is -1.27.